The van der Waals surface area contributed by atoms with E-state index in [2.05, 4.69) is 24.1 Å². The van der Waals surface area contributed by atoms with Crippen LogP contribution in [0.15, 0.2) is 5.38 Å². The van der Waals surface area contributed by atoms with Crippen LogP contribution in [0.4, 0.5) is 0 Å². The lowest BCUT2D eigenvalue weighted by atomic mass is 10.0. The second-order valence-electron chi connectivity index (χ2n) is 4.70. The molecule has 1 atom stereocenters. The molecule has 102 valence electrons. The Balaban J connectivity index is 2.57. The molecule has 0 aromatic carbocycles. The van der Waals surface area contributed by atoms with E-state index in [1.165, 1.54) is 11.3 Å². The van der Waals surface area contributed by atoms with Gasteiger partial charge in [0.05, 0.1) is 5.01 Å². The molecular weight excluding hydrogens is 248 g/mol. The van der Waals surface area contributed by atoms with Crippen LogP contribution < -0.4 is 16.8 Å². The molecule has 0 aliphatic heterocycles. The molecule has 0 aliphatic carbocycles. The quantitative estimate of drug-likeness (QED) is 0.681. The summed E-state index contributed by atoms with van der Waals surface area (Å²) in [7, 11) is 0. The highest BCUT2D eigenvalue weighted by Gasteiger charge is 2.16. The van der Waals surface area contributed by atoms with Crippen LogP contribution in [0.1, 0.15) is 35.8 Å². The van der Waals surface area contributed by atoms with Crippen LogP contribution in [0.2, 0.25) is 0 Å². The zero-order chi connectivity index (χ0) is 13.5. The maximum atomic E-state index is 12.0. The van der Waals surface area contributed by atoms with Gasteiger partial charge in [0.2, 0.25) is 0 Å². The van der Waals surface area contributed by atoms with Gasteiger partial charge in [-0.2, -0.15) is 0 Å². The number of thiazole rings is 1. The Bertz CT molecular complexity index is 378. The van der Waals surface area contributed by atoms with Gasteiger partial charge in [0, 0.05) is 24.4 Å². The van der Waals surface area contributed by atoms with Crippen molar-refractivity contribution in [2.45, 2.75) is 32.7 Å². The molecule has 18 heavy (non-hydrogen) atoms. The molecule has 1 aromatic heterocycles. The highest BCUT2D eigenvalue weighted by Crippen LogP contribution is 2.11. The minimum Gasteiger partial charge on any atom is -0.347 e. The molecule has 0 radical (unpaired) electrons. The molecule has 1 amide bonds. The van der Waals surface area contributed by atoms with Gasteiger partial charge in [-0.05, 0) is 18.9 Å². The standard InChI is InChI=1S/C12H22N4OS/c1-8(2)5-9(6-14)15-12(17)10-7-18-11(16-10)3-4-13/h7-9H,3-6,13-14H2,1-2H3,(H,15,17). The van der Waals surface area contributed by atoms with Gasteiger partial charge < -0.3 is 16.8 Å². The Morgan fingerprint density at radius 1 is 1.50 bits per heavy atom. The van der Waals surface area contributed by atoms with Crippen LogP contribution in [0.5, 0.6) is 0 Å². The molecule has 0 saturated carbocycles. The van der Waals surface area contributed by atoms with Crippen molar-refractivity contribution in [1.82, 2.24) is 10.3 Å². The van der Waals surface area contributed by atoms with E-state index in [-0.39, 0.29) is 11.9 Å². The number of nitrogens with zero attached hydrogens (tertiary/aromatic N) is 1. The van der Waals surface area contributed by atoms with Crippen LogP contribution in [0.3, 0.4) is 0 Å². The van der Waals surface area contributed by atoms with E-state index >= 15 is 0 Å². The van der Waals surface area contributed by atoms with Crippen LogP contribution >= 0.6 is 11.3 Å². The number of nitrogens with two attached hydrogens (primary N) is 2. The fraction of sp³-hybridized carbons (Fsp3) is 0.667. The Morgan fingerprint density at radius 2 is 2.22 bits per heavy atom. The molecular formula is C12H22N4OS. The monoisotopic (exact) mass is 270 g/mol. The largest absolute Gasteiger partial charge is 0.347 e. The topological polar surface area (TPSA) is 94.0 Å². The van der Waals surface area contributed by atoms with E-state index in [1.807, 2.05) is 0 Å². The van der Waals surface area contributed by atoms with Crippen molar-refractivity contribution in [1.29, 1.82) is 0 Å². The third-order valence-electron chi connectivity index (χ3n) is 2.52. The van der Waals surface area contributed by atoms with Crippen LogP contribution in [0.25, 0.3) is 0 Å². The molecule has 0 aliphatic rings. The first-order chi connectivity index (χ1) is 8.56. The summed E-state index contributed by atoms with van der Waals surface area (Å²) in [5, 5.41) is 5.58. The van der Waals surface area contributed by atoms with Gasteiger partial charge in [0.15, 0.2) is 0 Å². The summed E-state index contributed by atoms with van der Waals surface area (Å²) in [4.78, 5) is 16.2. The number of hydrogen-bond acceptors (Lipinski definition) is 5. The van der Waals surface area contributed by atoms with E-state index in [1.54, 1.807) is 5.38 Å². The van der Waals surface area contributed by atoms with Crippen molar-refractivity contribution in [3.05, 3.63) is 16.1 Å². The van der Waals surface area contributed by atoms with E-state index in [4.69, 9.17) is 11.5 Å². The summed E-state index contributed by atoms with van der Waals surface area (Å²) in [5.74, 6) is 0.354. The Hall–Kier alpha value is -0.980. The van der Waals surface area contributed by atoms with Gasteiger partial charge in [0.25, 0.3) is 5.91 Å². The molecule has 1 aromatic rings. The Labute approximate surface area is 112 Å². The SMILES string of the molecule is CC(C)CC(CN)NC(=O)c1csc(CCN)n1. The fourth-order valence-electron chi connectivity index (χ4n) is 1.70. The first kappa shape index (κ1) is 15.1. The van der Waals surface area contributed by atoms with Gasteiger partial charge in [-0.25, -0.2) is 4.98 Å². The molecule has 5 nitrogen and oxygen atoms in total. The molecule has 0 fully saturated rings. The van der Waals surface area contributed by atoms with Crippen molar-refractivity contribution in [3.8, 4) is 0 Å². The summed E-state index contributed by atoms with van der Waals surface area (Å²) < 4.78 is 0. The minimum absolute atomic E-state index is 0.0113. The van der Waals surface area contributed by atoms with Gasteiger partial charge in [-0.1, -0.05) is 13.8 Å². The summed E-state index contributed by atoms with van der Waals surface area (Å²) in [6, 6.07) is 0.0113. The molecule has 0 saturated heterocycles. The zero-order valence-corrected chi connectivity index (χ0v) is 11.8. The highest BCUT2D eigenvalue weighted by atomic mass is 32.1. The number of hydrogen-bond donors (Lipinski definition) is 3. The summed E-state index contributed by atoms with van der Waals surface area (Å²) in [5.41, 5.74) is 11.6. The van der Waals surface area contributed by atoms with E-state index in [0.29, 0.717) is 31.1 Å². The van der Waals surface area contributed by atoms with Crippen LogP contribution in [-0.4, -0.2) is 30.0 Å². The maximum Gasteiger partial charge on any atom is 0.271 e. The summed E-state index contributed by atoms with van der Waals surface area (Å²) in [6.45, 7) is 5.21. The third kappa shape index (κ3) is 4.72. The molecule has 1 heterocycles. The first-order valence-electron chi connectivity index (χ1n) is 6.22. The number of carbonyl (C=O) groups is 1. The van der Waals surface area contributed by atoms with Crippen LogP contribution in [0, 0.1) is 5.92 Å². The van der Waals surface area contributed by atoms with Crippen molar-refractivity contribution in [2.24, 2.45) is 17.4 Å². The second kappa shape index (κ2) is 7.45. The third-order valence-corrected chi connectivity index (χ3v) is 3.43. The minimum atomic E-state index is -0.148. The molecule has 1 rings (SSSR count). The van der Waals surface area contributed by atoms with Gasteiger partial charge >= 0.3 is 0 Å². The average Bonchev–Trinajstić information content (AvgIpc) is 2.76. The lowest BCUT2D eigenvalue weighted by Gasteiger charge is -2.18. The normalized spacial score (nSPS) is 12.7. The summed E-state index contributed by atoms with van der Waals surface area (Å²) >= 11 is 1.47. The van der Waals surface area contributed by atoms with Gasteiger partial charge in [0.1, 0.15) is 5.69 Å². The first-order valence-corrected chi connectivity index (χ1v) is 7.10. The lowest BCUT2D eigenvalue weighted by Crippen LogP contribution is -2.41. The number of nitrogens with one attached hydrogen (secondary N) is 1. The summed E-state index contributed by atoms with van der Waals surface area (Å²) in [6.07, 6.45) is 1.59. The predicted molar refractivity (Wildman–Crippen MR) is 74.6 cm³/mol. The molecule has 1 unspecified atom stereocenters. The Morgan fingerprint density at radius 3 is 2.78 bits per heavy atom. The van der Waals surface area contributed by atoms with E-state index < -0.39 is 0 Å². The second-order valence-corrected chi connectivity index (χ2v) is 5.64. The van der Waals surface area contributed by atoms with E-state index in [0.717, 1.165) is 11.4 Å². The zero-order valence-electron chi connectivity index (χ0n) is 11.0. The van der Waals surface area contributed by atoms with Crippen molar-refractivity contribution < 1.29 is 4.79 Å². The smallest absolute Gasteiger partial charge is 0.271 e. The Kier molecular flexibility index (Phi) is 6.24. The molecule has 5 N–H and O–H groups in total. The van der Waals surface area contributed by atoms with Gasteiger partial charge in [-0.15, -0.1) is 11.3 Å². The average molecular weight is 270 g/mol. The van der Waals surface area contributed by atoms with Crippen molar-refractivity contribution >= 4 is 17.2 Å². The van der Waals surface area contributed by atoms with E-state index in [9.17, 15) is 4.79 Å². The highest BCUT2D eigenvalue weighted by molar-refractivity contribution is 7.09. The maximum absolute atomic E-state index is 12.0. The lowest BCUT2D eigenvalue weighted by molar-refractivity contribution is 0.0929. The predicted octanol–water partition coefficient (Wildman–Crippen LogP) is 0.748. The number of carbonyl (C=O) groups excluding carboxylic acids is 1. The number of aromatic nitrogens is 1. The van der Waals surface area contributed by atoms with Crippen molar-refractivity contribution in [2.75, 3.05) is 13.1 Å². The van der Waals surface area contributed by atoms with Gasteiger partial charge in [-0.3, -0.25) is 4.79 Å². The number of rotatable bonds is 7. The molecule has 0 spiro atoms. The van der Waals surface area contributed by atoms with Crippen molar-refractivity contribution in [3.63, 3.8) is 0 Å². The van der Waals surface area contributed by atoms with Crippen LogP contribution in [-0.2, 0) is 6.42 Å². The molecule has 6 heteroatoms. The molecule has 0 bridgehead atoms. The number of amides is 1. The fourth-order valence-corrected chi connectivity index (χ4v) is 2.49.